The number of nitro benzene ring substituents is 1. The largest absolute Gasteiger partial charge is 0.455 e. The summed E-state index contributed by atoms with van der Waals surface area (Å²) in [5.74, 6) is 0.691. The number of ether oxygens (including phenoxy) is 1. The van der Waals surface area contributed by atoms with E-state index >= 15 is 0 Å². The smallest absolute Gasteiger partial charge is 0.326 e. The van der Waals surface area contributed by atoms with Crippen LogP contribution in [-0.2, 0) is 0 Å². The molecule has 2 aromatic rings. The number of non-ortho nitro benzene ring substituents is 1. The average Bonchev–Trinajstić information content (AvgIpc) is 2.66. The van der Waals surface area contributed by atoms with Gasteiger partial charge in [0.1, 0.15) is 11.4 Å². The van der Waals surface area contributed by atoms with Crippen LogP contribution < -0.4 is 19.2 Å². The van der Waals surface area contributed by atoms with Gasteiger partial charge < -0.3 is 10.1 Å². The first kappa shape index (κ1) is 25.1. The van der Waals surface area contributed by atoms with E-state index in [-0.39, 0.29) is 17.1 Å². The van der Waals surface area contributed by atoms with Crippen LogP contribution in [0.25, 0.3) is 0 Å². The fraction of sp³-hybridized carbons (Fsp3) is 0.350. The summed E-state index contributed by atoms with van der Waals surface area (Å²) in [5.41, 5.74) is 0.287. The van der Waals surface area contributed by atoms with Crippen molar-refractivity contribution in [2.75, 3.05) is 4.47 Å². The molecule has 10 heteroatoms. The molecule has 30 heavy (non-hydrogen) atoms. The second-order valence-corrected chi connectivity index (χ2v) is 7.73. The minimum atomic E-state index is -0.585. The monoisotopic (exact) mass is 436 g/mol. The van der Waals surface area contributed by atoms with Crippen LogP contribution in [0.15, 0.2) is 42.5 Å². The molecule has 2 amide bonds. The number of hydrogen-bond donors (Lipinski definition) is 3. The van der Waals surface area contributed by atoms with E-state index in [2.05, 4.69) is 10.0 Å². The molecule has 3 N–H and O–H groups in total. The number of anilines is 1. The van der Waals surface area contributed by atoms with Gasteiger partial charge in [-0.25, -0.2) is 4.79 Å². The van der Waals surface area contributed by atoms with Crippen molar-refractivity contribution in [3.05, 3.63) is 58.1 Å². The van der Waals surface area contributed by atoms with Crippen molar-refractivity contribution in [1.82, 2.24) is 10.0 Å². The molecule has 0 fully saturated rings. The molecule has 0 aliphatic carbocycles. The Morgan fingerprint density at radius 3 is 2.43 bits per heavy atom. The zero-order valence-corrected chi connectivity index (χ0v) is 18.7. The van der Waals surface area contributed by atoms with Gasteiger partial charge in [0, 0.05) is 17.7 Å². The Morgan fingerprint density at radius 1 is 1.20 bits per heavy atom. The maximum absolute atomic E-state index is 11.9. The normalized spacial score (nSPS) is 10.4. The van der Waals surface area contributed by atoms with Crippen molar-refractivity contribution >= 4 is 29.5 Å². The number of benzene rings is 2. The van der Waals surface area contributed by atoms with Gasteiger partial charge in [0.05, 0.1) is 17.1 Å². The summed E-state index contributed by atoms with van der Waals surface area (Å²) in [6.07, 6.45) is 0. The van der Waals surface area contributed by atoms with E-state index in [1.54, 1.807) is 18.2 Å². The number of nitrogens with zero attached hydrogens (tertiary/aromatic N) is 2. The molecule has 9 nitrogen and oxygen atoms in total. The van der Waals surface area contributed by atoms with Crippen molar-refractivity contribution in [3.63, 3.8) is 0 Å². The Bertz CT molecular complexity index is 871. The Morgan fingerprint density at radius 2 is 1.87 bits per heavy atom. The molecule has 0 bridgehead atoms. The molecular formula is C20H28N4O5S. The predicted octanol–water partition coefficient (Wildman–Crippen LogP) is 5.58. The summed E-state index contributed by atoms with van der Waals surface area (Å²) in [4.78, 5) is 22.4. The molecule has 0 aliphatic rings. The highest BCUT2D eigenvalue weighted by Gasteiger charge is 2.20. The van der Waals surface area contributed by atoms with Crippen molar-refractivity contribution in [3.8, 4) is 11.5 Å². The zero-order chi connectivity index (χ0) is 22.9. The van der Waals surface area contributed by atoms with E-state index in [1.807, 2.05) is 47.6 Å². The number of amides is 2. The van der Waals surface area contributed by atoms with Gasteiger partial charge in [-0.15, -0.1) is 0 Å². The fourth-order valence-electron chi connectivity index (χ4n) is 2.16. The van der Waals surface area contributed by atoms with Crippen molar-refractivity contribution in [1.29, 1.82) is 0 Å². The third kappa shape index (κ3) is 8.18. The summed E-state index contributed by atoms with van der Waals surface area (Å²) in [5, 5.41) is 24.1. The van der Waals surface area contributed by atoms with Crippen LogP contribution in [0.1, 0.15) is 40.2 Å². The van der Waals surface area contributed by atoms with Crippen LogP contribution in [0.5, 0.6) is 11.5 Å². The summed E-state index contributed by atoms with van der Waals surface area (Å²) in [6.45, 7) is 11.3. The van der Waals surface area contributed by atoms with Gasteiger partial charge in [-0.2, -0.15) is 4.47 Å². The number of carbonyl (C=O) groups is 1. The number of nitrogens with one attached hydrogen (secondary N) is 2. The van der Waals surface area contributed by atoms with E-state index in [0.29, 0.717) is 22.4 Å². The molecule has 0 heterocycles. The lowest BCUT2D eigenvalue weighted by Gasteiger charge is -2.22. The molecule has 0 spiro atoms. The van der Waals surface area contributed by atoms with Gasteiger partial charge in [0.2, 0.25) is 0 Å². The van der Waals surface area contributed by atoms with E-state index < -0.39 is 16.5 Å². The van der Waals surface area contributed by atoms with Gasteiger partial charge in [-0.05, 0) is 51.5 Å². The first-order chi connectivity index (χ1) is 14.0. The lowest BCUT2D eigenvalue weighted by Crippen LogP contribution is -2.45. The van der Waals surface area contributed by atoms with Crippen LogP contribution >= 0.6 is 12.1 Å². The number of rotatable bonds is 6. The third-order valence-electron chi connectivity index (χ3n) is 3.29. The Balaban J connectivity index is 0.00000218. The molecule has 0 saturated carbocycles. The molecule has 164 valence electrons. The highest BCUT2D eigenvalue weighted by Crippen LogP contribution is 2.37. The number of carbonyl (C=O) groups excluding carboxylic acids is 1. The van der Waals surface area contributed by atoms with E-state index in [1.165, 1.54) is 12.1 Å². The Kier molecular flexibility index (Phi) is 9.41. The number of nitro groups is 1. The molecule has 0 aliphatic heterocycles. The predicted molar refractivity (Wildman–Crippen MR) is 119 cm³/mol. The lowest BCUT2D eigenvalue weighted by molar-refractivity contribution is -0.384. The van der Waals surface area contributed by atoms with Crippen LogP contribution in [0.3, 0.4) is 0 Å². The van der Waals surface area contributed by atoms with Gasteiger partial charge in [-0.3, -0.25) is 20.0 Å². The summed E-state index contributed by atoms with van der Waals surface area (Å²) >= 11 is 0.551. The van der Waals surface area contributed by atoms with Gasteiger partial charge in [0.25, 0.3) is 5.69 Å². The first-order valence-electron chi connectivity index (χ1n) is 9.32. The second-order valence-electron chi connectivity index (χ2n) is 7.00. The standard InChI is InChI=1S/C18H22N4O5S.C2H6/c1-12-6-5-7-14(10-12)27-16-9-8-13(21(24)25)11-15(16)22(26)28-20-17(23)19-18(2,3)4;1-2/h5-11,26H,1-4H3,(H2,19,20,23);1-2H3. The molecule has 0 unspecified atom stereocenters. The zero-order valence-electron chi connectivity index (χ0n) is 17.9. The SMILES string of the molecule is CC.Cc1cccc(Oc2ccc([N+](=O)[O-])cc2N(O)SNC(=O)NC(C)(C)C)c1. The van der Waals surface area contributed by atoms with Crippen molar-refractivity contribution in [2.24, 2.45) is 0 Å². The molecule has 2 rings (SSSR count). The van der Waals surface area contributed by atoms with Crippen molar-refractivity contribution in [2.45, 2.75) is 47.1 Å². The average molecular weight is 437 g/mol. The van der Waals surface area contributed by atoms with Gasteiger partial charge in [-0.1, -0.05) is 26.0 Å². The van der Waals surface area contributed by atoms with E-state index in [9.17, 15) is 20.1 Å². The number of aryl methyl sites for hydroxylation is 1. The van der Waals surface area contributed by atoms with Crippen LogP contribution in [-0.4, -0.2) is 21.7 Å². The van der Waals surface area contributed by atoms with Gasteiger partial charge >= 0.3 is 6.03 Å². The highest BCUT2D eigenvalue weighted by molar-refractivity contribution is 7.99. The summed E-state index contributed by atoms with van der Waals surface area (Å²) in [7, 11) is 0. The highest BCUT2D eigenvalue weighted by atomic mass is 32.2. The van der Waals surface area contributed by atoms with Crippen molar-refractivity contribution < 1.29 is 19.7 Å². The molecule has 0 atom stereocenters. The maximum atomic E-state index is 11.9. The van der Waals surface area contributed by atoms with Crippen LogP contribution in [0.2, 0.25) is 0 Å². The minimum Gasteiger partial charge on any atom is -0.455 e. The van der Waals surface area contributed by atoms with Gasteiger partial charge in [0.15, 0.2) is 5.75 Å². The Labute approximate surface area is 180 Å². The molecule has 0 radical (unpaired) electrons. The minimum absolute atomic E-state index is 0.0109. The fourth-order valence-corrected chi connectivity index (χ4v) is 2.62. The molecular weight excluding hydrogens is 408 g/mol. The topological polar surface area (TPSA) is 117 Å². The third-order valence-corrected chi connectivity index (χ3v) is 3.94. The van der Waals surface area contributed by atoms with Crippen LogP contribution in [0, 0.1) is 17.0 Å². The molecule has 2 aromatic carbocycles. The summed E-state index contributed by atoms with van der Waals surface area (Å²) < 4.78 is 8.77. The second kappa shape index (κ2) is 11.3. The number of hydrogen-bond acceptors (Lipinski definition) is 7. The first-order valence-corrected chi connectivity index (χ1v) is 10.1. The van der Waals surface area contributed by atoms with E-state index in [4.69, 9.17) is 4.74 Å². The quantitative estimate of drug-likeness (QED) is 0.307. The number of urea groups is 1. The maximum Gasteiger partial charge on any atom is 0.326 e. The summed E-state index contributed by atoms with van der Waals surface area (Å²) in [6, 6.07) is 10.5. The lowest BCUT2D eigenvalue weighted by atomic mass is 10.1. The van der Waals surface area contributed by atoms with E-state index in [0.717, 1.165) is 11.6 Å². The molecule has 0 saturated heterocycles. The van der Waals surface area contributed by atoms with Crippen LogP contribution in [0.4, 0.5) is 16.2 Å². The molecule has 0 aromatic heterocycles. The Hall–Kier alpha value is -2.98.